The van der Waals surface area contributed by atoms with Gasteiger partial charge < -0.3 is 11.1 Å². The Hall–Kier alpha value is -1.68. The highest BCUT2D eigenvalue weighted by atomic mass is 15.2. The molecule has 2 rings (SSSR count). The molecule has 0 atom stereocenters. The highest BCUT2D eigenvalue weighted by Crippen LogP contribution is 2.23. The fourth-order valence-corrected chi connectivity index (χ4v) is 2.13. The number of aryl methyl sites for hydroxylation is 1. The Labute approximate surface area is 114 Å². The normalized spacial score (nSPS) is 11.8. The van der Waals surface area contributed by atoms with Crippen molar-refractivity contribution in [3.63, 3.8) is 0 Å². The molecular weight excluding hydrogens is 236 g/mol. The monoisotopic (exact) mass is 258 g/mol. The van der Waals surface area contributed by atoms with Crippen molar-refractivity contribution in [1.82, 2.24) is 10.2 Å². The minimum atomic E-state index is -0.187. The van der Waals surface area contributed by atoms with Crippen LogP contribution in [0.1, 0.15) is 32.4 Å². The molecule has 0 aliphatic rings. The molecule has 0 saturated heterocycles. The Morgan fingerprint density at radius 3 is 2.37 bits per heavy atom. The van der Waals surface area contributed by atoms with Crippen molar-refractivity contribution in [1.29, 1.82) is 0 Å². The number of anilines is 1. The van der Waals surface area contributed by atoms with Gasteiger partial charge in [0, 0.05) is 22.9 Å². The van der Waals surface area contributed by atoms with E-state index in [1.807, 2.05) is 19.1 Å². The molecule has 4 nitrogen and oxygen atoms in total. The van der Waals surface area contributed by atoms with E-state index in [1.165, 1.54) is 0 Å². The Morgan fingerprint density at radius 2 is 1.74 bits per heavy atom. The molecule has 4 heteroatoms. The predicted molar refractivity (Wildman–Crippen MR) is 80.3 cm³/mol. The molecule has 0 unspecified atom stereocenters. The standard InChI is InChI=1S/C15H22N4/c1-4-15(16,5-2)10-17-14-13-9-7-6-8-12(13)11(3)18-19-14/h6-9H,4-5,10,16H2,1-3H3,(H,17,19). The van der Waals surface area contributed by atoms with Gasteiger partial charge in [0.15, 0.2) is 5.82 Å². The Balaban J connectivity index is 2.29. The summed E-state index contributed by atoms with van der Waals surface area (Å²) >= 11 is 0. The van der Waals surface area contributed by atoms with Gasteiger partial charge in [0.25, 0.3) is 0 Å². The van der Waals surface area contributed by atoms with Gasteiger partial charge in [-0.2, -0.15) is 5.10 Å². The van der Waals surface area contributed by atoms with Crippen LogP contribution in [0, 0.1) is 6.92 Å². The number of hydrogen-bond acceptors (Lipinski definition) is 4. The fraction of sp³-hybridized carbons (Fsp3) is 0.467. The van der Waals surface area contributed by atoms with Crippen molar-refractivity contribution in [2.75, 3.05) is 11.9 Å². The van der Waals surface area contributed by atoms with Crippen LogP contribution in [-0.4, -0.2) is 22.3 Å². The van der Waals surface area contributed by atoms with Crippen LogP contribution in [0.4, 0.5) is 5.82 Å². The molecule has 0 radical (unpaired) electrons. The summed E-state index contributed by atoms with van der Waals surface area (Å²) in [6.07, 6.45) is 1.88. The fourth-order valence-electron chi connectivity index (χ4n) is 2.13. The van der Waals surface area contributed by atoms with E-state index in [2.05, 4.69) is 41.5 Å². The lowest BCUT2D eigenvalue weighted by molar-refractivity contribution is 0.418. The third kappa shape index (κ3) is 2.84. The third-order valence-corrected chi connectivity index (χ3v) is 3.89. The largest absolute Gasteiger partial charge is 0.366 e. The summed E-state index contributed by atoms with van der Waals surface area (Å²) in [7, 11) is 0. The number of fused-ring (bicyclic) bond motifs is 1. The SMILES string of the molecule is CCC(N)(CC)CNc1nnc(C)c2ccccc12. The first-order chi connectivity index (χ1) is 9.09. The number of rotatable bonds is 5. The van der Waals surface area contributed by atoms with Crippen LogP contribution in [0.5, 0.6) is 0 Å². The van der Waals surface area contributed by atoms with Gasteiger partial charge in [-0.1, -0.05) is 38.1 Å². The highest BCUT2D eigenvalue weighted by molar-refractivity contribution is 5.92. The highest BCUT2D eigenvalue weighted by Gasteiger charge is 2.20. The first-order valence-corrected chi connectivity index (χ1v) is 6.84. The van der Waals surface area contributed by atoms with Crippen LogP contribution in [0.25, 0.3) is 10.8 Å². The smallest absolute Gasteiger partial charge is 0.156 e. The molecule has 0 bridgehead atoms. The second-order valence-electron chi connectivity index (χ2n) is 5.10. The second kappa shape index (κ2) is 5.53. The lowest BCUT2D eigenvalue weighted by atomic mass is 9.94. The molecule has 0 saturated carbocycles. The van der Waals surface area contributed by atoms with E-state index in [9.17, 15) is 0 Å². The van der Waals surface area contributed by atoms with Gasteiger partial charge in [-0.05, 0) is 19.8 Å². The quantitative estimate of drug-likeness (QED) is 0.865. The summed E-state index contributed by atoms with van der Waals surface area (Å²) in [5.41, 5.74) is 7.07. The lowest BCUT2D eigenvalue weighted by Gasteiger charge is -2.27. The molecule has 2 aromatic rings. The second-order valence-corrected chi connectivity index (χ2v) is 5.10. The average Bonchev–Trinajstić information content (AvgIpc) is 2.46. The maximum Gasteiger partial charge on any atom is 0.156 e. The zero-order valence-corrected chi connectivity index (χ0v) is 11.9. The van der Waals surface area contributed by atoms with E-state index in [1.54, 1.807) is 0 Å². The van der Waals surface area contributed by atoms with Crippen molar-refractivity contribution >= 4 is 16.6 Å². The van der Waals surface area contributed by atoms with E-state index >= 15 is 0 Å². The molecule has 0 spiro atoms. The summed E-state index contributed by atoms with van der Waals surface area (Å²) in [4.78, 5) is 0. The number of nitrogens with zero attached hydrogens (tertiary/aromatic N) is 2. The van der Waals surface area contributed by atoms with E-state index in [0.29, 0.717) is 6.54 Å². The van der Waals surface area contributed by atoms with Gasteiger partial charge in [0.1, 0.15) is 0 Å². The van der Waals surface area contributed by atoms with Crippen LogP contribution < -0.4 is 11.1 Å². The first-order valence-electron chi connectivity index (χ1n) is 6.84. The average molecular weight is 258 g/mol. The zero-order valence-electron chi connectivity index (χ0n) is 11.9. The van der Waals surface area contributed by atoms with Crippen molar-refractivity contribution in [2.24, 2.45) is 5.73 Å². The number of nitrogens with two attached hydrogens (primary N) is 1. The number of hydrogen-bond donors (Lipinski definition) is 2. The molecular formula is C15H22N4. The van der Waals surface area contributed by atoms with Crippen LogP contribution >= 0.6 is 0 Å². The minimum Gasteiger partial charge on any atom is -0.366 e. The zero-order chi connectivity index (χ0) is 13.9. The van der Waals surface area contributed by atoms with Crippen molar-refractivity contribution < 1.29 is 0 Å². The van der Waals surface area contributed by atoms with Crippen LogP contribution in [-0.2, 0) is 0 Å². The third-order valence-electron chi connectivity index (χ3n) is 3.89. The summed E-state index contributed by atoms with van der Waals surface area (Å²) < 4.78 is 0. The molecule has 0 amide bonds. The summed E-state index contributed by atoms with van der Waals surface area (Å²) in [5, 5.41) is 14.1. The molecule has 1 heterocycles. The van der Waals surface area contributed by atoms with Gasteiger partial charge in [-0.15, -0.1) is 5.10 Å². The molecule has 3 N–H and O–H groups in total. The number of nitrogens with one attached hydrogen (secondary N) is 1. The van der Waals surface area contributed by atoms with E-state index in [4.69, 9.17) is 5.73 Å². The minimum absolute atomic E-state index is 0.187. The Kier molecular flexibility index (Phi) is 4.00. The summed E-state index contributed by atoms with van der Waals surface area (Å²) in [6.45, 7) is 6.92. The Morgan fingerprint density at radius 1 is 1.11 bits per heavy atom. The van der Waals surface area contributed by atoms with Crippen LogP contribution in [0.3, 0.4) is 0 Å². The first kappa shape index (κ1) is 13.7. The molecule has 0 fully saturated rings. The van der Waals surface area contributed by atoms with Crippen LogP contribution in [0.15, 0.2) is 24.3 Å². The number of aromatic nitrogens is 2. The van der Waals surface area contributed by atoms with Gasteiger partial charge in [0.2, 0.25) is 0 Å². The van der Waals surface area contributed by atoms with Gasteiger partial charge in [-0.3, -0.25) is 0 Å². The lowest BCUT2D eigenvalue weighted by Crippen LogP contribution is -2.45. The summed E-state index contributed by atoms with van der Waals surface area (Å²) in [5.74, 6) is 0.818. The summed E-state index contributed by atoms with van der Waals surface area (Å²) in [6, 6.07) is 8.17. The molecule has 1 aromatic heterocycles. The van der Waals surface area contributed by atoms with E-state index in [-0.39, 0.29) is 5.54 Å². The van der Waals surface area contributed by atoms with Crippen molar-refractivity contribution in [3.8, 4) is 0 Å². The van der Waals surface area contributed by atoms with Gasteiger partial charge in [-0.25, -0.2) is 0 Å². The molecule has 1 aromatic carbocycles. The predicted octanol–water partition coefficient (Wildman–Crippen LogP) is 2.87. The molecule has 19 heavy (non-hydrogen) atoms. The topological polar surface area (TPSA) is 63.8 Å². The van der Waals surface area contributed by atoms with Crippen molar-refractivity contribution in [3.05, 3.63) is 30.0 Å². The van der Waals surface area contributed by atoms with Gasteiger partial charge >= 0.3 is 0 Å². The van der Waals surface area contributed by atoms with E-state index in [0.717, 1.165) is 35.1 Å². The van der Waals surface area contributed by atoms with Gasteiger partial charge in [0.05, 0.1) is 5.69 Å². The molecule has 0 aliphatic carbocycles. The molecule has 0 aliphatic heterocycles. The molecule has 102 valence electrons. The maximum atomic E-state index is 6.31. The van der Waals surface area contributed by atoms with Crippen LogP contribution in [0.2, 0.25) is 0 Å². The van der Waals surface area contributed by atoms with E-state index < -0.39 is 0 Å². The maximum absolute atomic E-state index is 6.31. The Bertz CT molecular complexity index is 561. The number of benzene rings is 1. The van der Waals surface area contributed by atoms with Crippen molar-refractivity contribution in [2.45, 2.75) is 39.2 Å².